The lowest BCUT2D eigenvalue weighted by Crippen LogP contribution is -2.44. The van der Waals surface area contributed by atoms with Gasteiger partial charge in [-0.2, -0.15) is 4.98 Å². The van der Waals surface area contributed by atoms with Crippen LogP contribution in [0.4, 0.5) is 9.18 Å². The average molecular weight is 544 g/mol. The normalized spacial score (nSPS) is 15.7. The second-order valence-corrected chi connectivity index (χ2v) is 11.0. The minimum Gasteiger partial charge on any atom is -0.444 e. The molecule has 1 aliphatic heterocycles. The molecule has 0 aliphatic carbocycles. The van der Waals surface area contributed by atoms with Crippen LogP contribution in [-0.2, 0) is 4.74 Å². The number of likely N-dealkylation sites (tertiary alicyclic amines) is 1. The average Bonchev–Trinajstić information content (AvgIpc) is 3.36. The van der Waals surface area contributed by atoms with Crippen LogP contribution in [0.5, 0.6) is 11.8 Å². The molecule has 0 saturated carbocycles. The van der Waals surface area contributed by atoms with Gasteiger partial charge < -0.3 is 14.0 Å². The Morgan fingerprint density at radius 2 is 1.80 bits per heavy atom. The highest BCUT2D eigenvalue weighted by Gasteiger charge is 2.34. The number of ether oxygens (including phenoxy) is 2. The van der Waals surface area contributed by atoms with E-state index in [2.05, 4.69) is 4.98 Å². The van der Waals surface area contributed by atoms with Crippen molar-refractivity contribution in [2.75, 3.05) is 6.54 Å². The molecule has 1 atom stereocenters. The molecule has 5 rings (SSSR count). The van der Waals surface area contributed by atoms with Gasteiger partial charge in [0, 0.05) is 18.3 Å². The SMILES string of the molecule is Cc1cccc(Oc2nccc(-c3c(-c4ccc(F)cc4)ncn3C3CCCCN3C(=O)OC(C)(C)C)n2)c1C. The number of halogens is 1. The van der Waals surface area contributed by atoms with E-state index in [1.54, 1.807) is 35.6 Å². The van der Waals surface area contributed by atoms with E-state index < -0.39 is 5.60 Å². The number of carbonyl (C=O) groups excluding carboxylic acids is 1. The van der Waals surface area contributed by atoms with Gasteiger partial charge >= 0.3 is 12.1 Å². The van der Waals surface area contributed by atoms with E-state index in [1.165, 1.54) is 12.1 Å². The van der Waals surface area contributed by atoms with Crippen molar-refractivity contribution in [1.29, 1.82) is 0 Å². The molecule has 0 radical (unpaired) electrons. The fourth-order valence-corrected chi connectivity index (χ4v) is 4.85. The van der Waals surface area contributed by atoms with Crippen LogP contribution in [0.25, 0.3) is 22.6 Å². The summed E-state index contributed by atoms with van der Waals surface area (Å²) in [6.07, 6.45) is 5.20. The summed E-state index contributed by atoms with van der Waals surface area (Å²) in [4.78, 5) is 28.9. The molecule has 2 aromatic heterocycles. The van der Waals surface area contributed by atoms with E-state index in [1.807, 2.05) is 57.4 Å². The zero-order valence-corrected chi connectivity index (χ0v) is 23.5. The van der Waals surface area contributed by atoms with Gasteiger partial charge in [-0.15, -0.1) is 0 Å². The van der Waals surface area contributed by atoms with Crippen LogP contribution in [-0.4, -0.2) is 42.7 Å². The summed E-state index contributed by atoms with van der Waals surface area (Å²) in [6, 6.07) is 14.0. The van der Waals surface area contributed by atoms with Gasteiger partial charge in [0.25, 0.3) is 0 Å². The Bertz CT molecular complexity index is 1510. The minimum absolute atomic E-state index is 0.191. The van der Waals surface area contributed by atoms with Crippen molar-refractivity contribution in [2.24, 2.45) is 0 Å². The zero-order chi connectivity index (χ0) is 28.4. The predicted octanol–water partition coefficient (Wildman–Crippen LogP) is 7.47. The summed E-state index contributed by atoms with van der Waals surface area (Å²) in [5.74, 6) is 0.340. The largest absolute Gasteiger partial charge is 0.444 e. The number of piperidine rings is 1. The van der Waals surface area contributed by atoms with Crippen molar-refractivity contribution in [1.82, 2.24) is 24.4 Å². The highest BCUT2D eigenvalue weighted by molar-refractivity contribution is 5.77. The molecule has 3 heterocycles. The summed E-state index contributed by atoms with van der Waals surface area (Å²) in [5.41, 5.74) is 4.08. The lowest BCUT2D eigenvalue weighted by Gasteiger charge is -2.38. The standard InChI is InChI=1S/C31H34FN5O3/c1-20-9-8-10-25(21(20)2)39-29-33-17-16-24(35-29)28-27(22-12-14-23(32)15-13-22)34-19-37(28)26-11-6-7-18-36(26)30(38)40-31(3,4)5/h8-10,12-17,19,26H,6-7,11,18H2,1-5H3. The first-order valence-electron chi connectivity index (χ1n) is 13.5. The van der Waals surface area contributed by atoms with Crippen LogP contribution in [0, 0.1) is 19.7 Å². The van der Waals surface area contributed by atoms with E-state index >= 15 is 0 Å². The maximum atomic E-state index is 13.8. The Kier molecular flexibility index (Phi) is 7.56. The molecule has 4 aromatic rings. The van der Waals surface area contributed by atoms with Crippen LogP contribution < -0.4 is 4.74 Å². The number of aromatic nitrogens is 4. The molecule has 1 saturated heterocycles. The van der Waals surface area contributed by atoms with Gasteiger partial charge in [0.1, 0.15) is 23.3 Å². The van der Waals surface area contributed by atoms with Crippen LogP contribution in [0.15, 0.2) is 61.1 Å². The van der Waals surface area contributed by atoms with Gasteiger partial charge in [-0.3, -0.25) is 4.90 Å². The molecule has 1 aliphatic rings. The second kappa shape index (κ2) is 11.1. The number of carbonyl (C=O) groups is 1. The quantitative estimate of drug-likeness (QED) is 0.260. The van der Waals surface area contributed by atoms with Crippen LogP contribution in [0.1, 0.15) is 57.3 Å². The highest BCUT2D eigenvalue weighted by Crippen LogP contribution is 2.37. The zero-order valence-electron chi connectivity index (χ0n) is 23.5. The van der Waals surface area contributed by atoms with Crippen molar-refractivity contribution >= 4 is 6.09 Å². The maximum absolute atomic E-state index is 13.8. The Hall–Kier alpha value is -4.27. The maximum Gasteiger partial charge on any atom is 0.411 e. The molecule has 1 unspecified atom stereocenters. The number of amides is 1. The first-order chi connectivity index (χ1) is 19.1. The lowest BCUT2D eigenvalue weighted by molar-refractivity contribution is -0.000908. The lowest BCUT2D eigenvalue weighted by atomic mass is 10.1. The van der Waals surface area contributed by atoms with Crippen LogP contribution in [0.3, 0.4) is 0 Å². The summed E-state index contributed by atoms with van der Waals surface area (Å²) in [6.45, 7) is 10.2. The van der Waals surface area contributed by atoms with E-state index in [4.69, 9.17) is 19.4 Å². The third-order valence-electron chi connectivity index (χ3n) is 6.96. The van der Waals surface area contributed by atoms with E-state index in [9.17, 15) is 9.18 Å². The fraction of sp³-hybridized carbons (Fsp3) is 0.355. The Balaban J connectivity index is 1.60. The Morgan fingerprint density at radius 1 is 1.02 bits per heavy atom. The number of hydrogen-bond donors (Lipinski definition) is 0. The van der Waals surface area contributed by atoms with Gasteiger partial charge in [-0.1, -0.05) is 12.1 Å². The topological polar surface area (TPSA) is 82.4 Å². The smallest absolute Gasteiger partial charge is 0.411 e. The second-order valence-electron chi connectivity index (χ2n) is 11.0. The number of benzene rings is 2. The molecule has 8 nitrogen and oxygen atoms in total. The molecule has 9 heteroatoms. The Morgan fingerprint density at radius 3 is 2.55 bits per heavy atom. The molecule has 208 valence electrons. The number of imidazole rings is 1. The molecule has 2 aromatic carbocycles. The third kappa shape index (κ3) is 5.83. The monoisotopic (exact) mass is 543 g/mol. The van der Waals surface area contributed by atoms with E-state index in [0.29, 0.717) is 29.4 Å². The number of hydrogen-bond acceptors (Lipinski definition) is 6. The molecule has 0 bridgehead atoms. The molecular formula is C31H34FN5O3. The van der Waals surface area contributed by atoms with Crippen molar-refractivity contribution in [3.63, 3.8) is 0 Å². The highest BCUT2D eigenvalue weighted by atomic mass is 19.1. The molecule has 0 N–H and O–H groups in total. The van der Waals surface area contributed by atoms with Crippen LogP contribution in [0.2, 0.25) is 0 Å². The molecule has 40 heavy (non-hydrogen) atoms. The van der Waals surface area contributed by atoms with Crippen molar-refractivity contribution < 1.29 is 18.7 Å². The Labute approximate surface area is 233 Å². The first-order valence-corrected chi connectivity index (χ1v) is 13.5. The number of rotatable bonds is 5. The van der Waals surface area contributed by atoms with Crippen LogP contribution >= 0.6 is 0 Å². The van der Waals surface area contributed by atoms with Gasteiger partial charge in [0.05, 0.1) is 23.4 Å². The molecular weight excluding hydrogens is 509 g/mol. The third-order valence-corrected chi connectivity index (χ3v) is 6.96. The number of aryl methyl sites for hydroxylation is 1. The number of nitrogens with zero attached hydrogens (tertiary/aromatic N) is 5. The summed E-state index contributed by atoms with van der Waals surface area (Å²) < 4.78 is 27.6. The molecule has 1 amide bonds. The summed E-state index contributed by atoms with van der Waals surface area (Å²) >= 11 is 0. The van der Waals surface area contributed by atoms with Crippen molar-refractivity contribution in [2.45, 2.75) is 65.6 Å². The van der Waals surface area contributed by atoms with Gasteiger partial charge in [0.15, 0.2) is 0 Å². The van der Waals surface area contributed by atoms with E-state index in [-0.39, 0.29) is 24.1 Å². The summed E-state index contributed by atoms with van der Waals surface area (Å²) in [7, 11) is 0. The molecule has 0 spiro atoms. The van der Waals surface area contributed by atoms with Gasteiger partial charge in [0.2, 0.25) is 0 Å². The summed E-state index contributed by atoms with van der Waals surface area (Å²) in [5, 5.41) is 0. The van der Waals surface area contributed by atoms with Crippen molar-refractivity contribution in [3.05, 3.63) is 78.0 Å². The van der Waals surface area contributed by atoms with E-state index in [0.717, 1.165) is 36.0 Å². The van der Waals surface area contributed by atoms with Gasteiger partial charge in [-0.25, -0.2) is 19.2 Å². The predicted molar refractivity (Wildman–Crippen MR) is 150 cm³/mol. The molecule has 1 fully saturated rings. The minimum atomic E-state index is -0.622. The van der Waals surface area contributed by atoms with Crippen molar-refractivity contribution in [3.8, 4) is 34.4 Å². The van der Waals surface area contributed by atoms with Gasteiger partial charge in [-0.05, 0) is 101 Å². The fourth-order valence-electron chi connectivity index (χ4n) is 4.85. The first kappa shape index (κ1) is 27.3.